The van der Waals surface area contributed by atoms with Crippen LogP contribution in [0.25, 0.3) is 0 Å². The molecule has 2 heterocycles. The lowest BCUT2D eigenvalue weighted by Gasteiger charge is -2.11. The maximum atomic E-state index is 4.32. The zero-order valence-electron chi connectivity index (χ0n) is 10.1. The number of hydrogen-bond acceptors (Lipinski definition) is 5. The third-order valence-corrected chi connectivity index (χ3v) is 3.52. The molecule has 0 radical (unpaired) electrons. The molecule has 1 N–H and O–H groups in total. The molecule has 0 saturated heterocycles. The van der Waals surface area contributed by atoms with Crippen LogP contribution >= 0.6 is 11.3 Å². The molecule has 2 aromatic rings. The maximum absolute atomic E-state index is 4.32. The molecule has 2 aromatic heterocycles. The zero-order chi connectivity index (χ0) is 12.1. The number of aromatic nitrogens is 4. The Balaban J connectivity index is 1.91. The molecule has 1 unspecified atom stereocenters. The number of anilines is 1. The Bertz CT molecular complexity index is 436. The summed E-state index contributed by atoms with van der Waals surface area (Å²) in [6.07, 6.45) is 4.67. The summed E-state index contributed by atoms with van der Waals surface area (Å²) < 4.78 is 1.90. The fourth-order valence-electron chi connectivity index (χ4n) is 1.59. The quantitative estimate of drug-likeness (QED) is 0.856. The van der Waals surface area contributed by atoms with Crippen LogP contribution in [0.3, 0.4) is 0 Å². The van der Waals surface area contributed by atoms with Gasteiger partial charge in [-0.15, -0.1) is 16.4 Å². The predicted octanol–water partition coefficient (Wildman–Crippen LogP) is 2.36. The minimum absolute atomic E-state index is 0.403. The average molecular weight is 251 g/mol. The molecule has 1 atom stereocenters. The van der Waals surface area contributed by atoms with Crippen molar-refractivity contribution in [2.24, 2.45) is 0 Å². The maximum Gasteiger partial charge on any atom is 0.144 e. The van der Waals surface area contributed by atoms with Gasteiger partial charge < -0.3 is 5.32 Å². The second kappa shape index (κ2) is 5.77. The molecule has 0 amide bonds. The van der Waals surface area contributed by atoms with E-state index in [0.717, 1.165) is 30.3 Å². The van der Waals surface area contributed by atoms with Gasteiger partial charge in [0.05, 0.1) is 11.2 Å². The molecule has 0 aromatic carbocycles. The van der Waals surface area contributed by atoms with Crippen molar-refractivity contribution in [1.29, 1.82) is 0 Å². The number of rotatable bonds is 6. The van der Waals surface area contributed by atoms with E-state index in [2.05, 4.69) is 34.5 Å². The molecular weight excluding hydrogens is 234 g/mol. The molecule has 0 aliphatic carbocycles. The summed E-state index contributed by atoms with van der Waals surface area (Å²) in [6, 6.07) is 0. The largest absolute Gasteiger partial charge is 0.368 e. The normalized spacial score (nSPS) is 12.6. The van der Waals surface area contributed by atoms with E-state index < -0.39 is 0 Å². The second-order valence-electron chi connectivity index (χ2n) is 3.99. The highest BCUT2D eigenvalue weighted by molar-refractivity contribution is 7.09. The zero-order valence-corrected chi connectivity index (χ0v) is 10.9. The van der Waals surface area contributed by atoms with E-state index in [1.807, 2.05) is 16.3 Å². The van der Waals surface area contributed by atoms with Crippen molar-refractivity contribution < 1.29 is 0 Å². The lowest BCUT2D eigenvalue weighted by atomic mass is 10.2. The summed E-state index contributed by atoms with van der Waals surface area (Å²) in [5.74, 6) is 1.38. The first-order chi connectivity index (χ1) is 8.31. The number of hydrogen-bond donors (Lipinski definition) is 1. The Kier molecular flexibility index (Phi) is 4.08. The molecule has 92 valence electrons. The molecular formula is C11H17N5S. The Morgan fingerprint density at radius 1 is 1.53 bits per heavy atom. The topological polar surface area (TPSA) is 55.6 Å². The number of nitrogens with one attached hydrogen (secondary N) is 1. The number of nitrogens with zero attached hydrogens (tertiary/aromatic N) is 4. The third-order valence-electron chi connectivity index (χ3n) is 2.52. The molecule has 0 bridgehead atoms. The van der Waals surface area contributed by atoms with Crippen LogP contribution in [0.15, 0.2) is 17.8 Å². The van der Waals surface area contributed by atoms with E-state index in [4.69, 9.17) is 0 Å². The predicted molar refractivity (Wildman–Crippen MR) is 69.3 cm³/mol. The number of aryl methyl sites for hydroxylation is 1. The van der Waals surface area contributed by atoms with Crippen LogP contribution in [0.1, 0.15) is 31.2 Å². The van der Waals surface area contributed by atoms with Gasteiger partial charge in [-0.05, 0) is 6.42 Å². The van der Waals surface area contributed by atoms with Crippen molar-refractivity contribution in [3.05, 3.63) is 22.8 Å². The SMILES string of the molecule is CCCn1nncc1NCC(C)c1nccs1. The van der Waals surface area contributed by atoms with Crippen LogP contribution in [0.5, 0.6) is 0 Å². The van der Waals surface area contributed by atoms with Gasteiger partial charge in [-0.1, -0.05) is 19.1 Å². The van der Waals surface area contributed by atoms with E-state index in [1.165, 1.54) is 0 Å². The van der Waals surface area contributed by atoms with Gasteiger partial charge in [0.15, 0.2) is 0 Å². The lowest BCUT2D eigenvalue weighted by Crippen LogP contribution is -2.13. The van der Waals surface area contributed by atoms with E-state index in [-0.39, 0.29) is 0 Å². The number of thiazole rings is 1. The first-order valence-electron chi connectivity index (χ1n) is 5.83. The molecule has 5 nitrogen and oxygen atoms in total. The molecule has 0 spiro atoms. The summed E-state index contributed by atoms with van der Waals surface area (Å²) in [7, 11) is 0. The fraction of sp³-hybridized carbons (Fsp3) is 0.545. The van der Waals surface area contributed by atoms with Crippen molar-refractivity contribution in [1.82, 2.24) is 20.0 Å². The van der Waals surface area contributed by atoms with E-state index in [0.29, 0.717) is 5.92 Å². The Morgan fingerprint density at radius 2 is 2.41 bits per heavy atom. The van der Waals surface area contributed by atoms with Gasteiger partial charge in [-0.25, -0.2) is 9.67 Å². The van der Waals surface area contributed by atoms with Crippen LogP contribution in [0, 0.1) is 0 Å². The van der Waals surface area contributed by atoms with Gasteiger partial charge in [0, 0.05) is 30.6 Å². The fourth-order valence-corrected chi connectivity index (χ4v) is 2.29. The highest BCUT2D eigenvalue weighted by Gasteiger charge is 2.09. The first kappa shape index (κ1) is 12.0. The van der Waals surface area contributed by atoms with Gasteiger partial charge in [0.25, 0.3) is 0 Å². The minimum Gasteiger partial charge on any atom is -0.368 e. The summed E-state index contributed by atoms with van der Waals surface area (Å²) in [5.41, 5.74) is 0. The van der Waals surface area contributed by atoms with Crippen molar-refractivity contribution in [3.63, 3.8) is 0 Å². The van der Waals surface area contributed by atoms with Gasteiger partial charge in [0.2, 0.25) is 0 Å². The lowest BCUT2D eigenvalue weighted by molar-refractivity contribution is 0.581. The van der Waals surface area contributed by atoms with Crippen LogP contribution in [0.4, 0.5) is 5.82 Å². The van der Waals surface area contributed by atoms with Crippen molar-refractivity contribution in [2.45, 2.75) is 32.7 Å². The first-order valence-corrected chi connectivity index (χ1v) is 6.71. The molecule has 0 aliphatic heterocycles. The van der Waals surface area contributed by atoms with Gasteiger partial charge in [-0.3, -0.25) is 0 Å². The van der Waals surface area contributed by atoms with E-state index in [1.54, 1.807) is 17.5 Å². The van der Waals surface area contributed by atoms with Crippen molar-refractivity contribution in [2.75, 3.05) is 11.9 Å². The van der Waals surface area contributed by atoms with Gasteiger partial charge in [-0.2, -0.15) is 0 Å². The van der Waals surface area contributed by atoms with Crippen LogP contribution in [-0.4, -0.2) is 26.5 Å². The van der Waals surface area contributed by atoms with E-state index in [9.17, 15) is 0 Å². The van der Waals surface area contributed by atoms with Gasteiger partial charge in [0.1, 0.15) is 5.82 Å². The van der Waals surface area contributed by atoms with Crippen molar-refractivity contribution >= 4 is 17.2 Å². The summed E-state index contributed by atoms with van der Waals surface area (Å²) in [5, 5.41) is 14.5. The Labute approximate surface area is 105 Å². The standard InChI is InChI=1S/C11H17N5S/c1-3-5-16-10(8-14-15-16)13-7-9(2)11-12-4-6-17-11/h4,6,8-9,13H,3,5,7H2,1-2H3. The average Bonchev–Trinajstić information content (AvgIpc) is 2.97. The minimum atomic E-state index is 0.403. The summed E-state index contributed by atoms with van der Waals surface area (Å²) in [6.45, 7) is 6.04. The molecule has 6 heteroatoms. The molecule has 17 heavy (non-hydrogen) atoms. The van der Waals surface area contributed by atoms with Gasteiger partial charge >= 0.3 is 0 Å². The molecule has 0 fully saturated rings. The Hall–Kier alpha value is -1.43. The van der Waals surface area contributed by atoms with E-state index >= 15 is 0 Å². The van der Waals surface area contributed by atoms with Crippen molar-refractivity contribution in [3.8, 4) is 0 Å². The second-order valence-corrected chi connectivity index (χ2v) is 4.92. The smallest absolute Gasteiger partial charge is 0.144 e. The summed E-state index contributed by atoms with van der Waals surface area (Å²) in [4.78, 5) is 4.32. The monoisotopic (exact) mass is 251 g/mol. The summed E-state index contributed by atoms with van der Waals surface area (Å²) >= 11 is 1.69. The highest BCUT2D eigenvalue weighted by Crippen LogP contribution is 2.18. The Morgan fingerprint density at radius 3 is 3.12 bits per heavy atom. The third kappa shape index (κ3) is 3.03. The molecule has 2 rings (SSSR count). The van der Waals surface area contributed by atoms with Crippen LogP contribution in [-0.2, 0) is 6.54 Å². The molecule has 0 aliphatic rings. The van der Waals surface area contributed by atoms with Crippen LogP contribution < -0.4 is 5.32 Å². The molecule has 0 saturated carbocycles. The highest BCUT2D eigenvalue weighted by atomic mass is 32.1. The van der Waals surface area contributed by atoms with Crippen LogP contribution in [0.2, 0.25) is 0 Å².